The van der Waals surface area contributed by atoms with Gasteiger partial charge >= 0.3 is 6.09 Å². The number of carbonyl (C=O) groups excluding carboxylic acids is 1. The minimum absolute atomic E-state index is 0.117. The molecule has 0 bridgehead atoms. The van der Waals surface area contributed by atoms with Gasteiger partial charge in [0.1, 0.15) is 0 Å². The summed E-state index contributed by atoms with van der Waals surface area (Å²) < 4.78 is 5.11. The van der Waals surface area contributed by atoms with Gasteiger partial charge < -0.3 is 14.9 Å². The Morgan fingerprint density at radius 2 is 2.08 bits per heavy atom. The standard InChI is InChI=1S/C21H27NO4/c23-15-8-3-1-2-7-14-22-19(13-16-26-21(22)25)11-12-20(24)17-18-9-5-4-6-10-18/h4-6,9-12,19-20,23-24H,1,3,8,13-17H2/t19-,20?/m0/s1. The highest BCUT2D eigenvalue weighted by atomic mass is 16.6. The van der Waals surface area contributed by atoms with Crippen LogP contribution in [0.5, 0.6) is 0 Å². The van der Waals surface area contributed by atoms with Crippen LogP contribution in [0.4, 0.5) is 4.79 Å². The molecule has 1 unspecified atom stereocenters. The van der Waals surface area contributed by atoms with Crippen molar-refractivity contribution in [2.75, 3.05) is 19.8 Å². The van der Waals surface area contributed by atoms with Crippen LogP contribution in [-0.4, -0.2) is 53.1 Å². The van der Waals surface area contributed by atoms with Crippen LogP contribution in [0.2, 0.25) is 0 Å². The van der Waals surface area contributed by atoms with E-state index in [0.717, 1.165) is 18.4 Å². The molecule has 2 atom stereocenters. The lowest BCUT2D eigenvalue weighted by Gasteiger charge is -2.31. The van der Waals surface area contributed by atoms with Gasteiger partial charge in [-0.2, -0.15) is 0 Å². The van der Waals surface area contributed by atoms with E-state index in [1.54, 1.807) is 11.0 Å². The lowest BCUT2D eigenvalue weighted by molar-refractivity contribution is 0.0618. The molecule has 5 nitrogen and oxygen atoms in total. The largest absolute Gasteiger partial charge is 0.449 e. The number of rotatable bonds is 8. The molecular formula is C21H27NO4. The molecule has 140 valence electrons. The number of aliphatic hydroxyl groups is 2. The number of hydrogen-bond donors (Lipinski definition) is 2. The van der Waals surface area contributed by atoms with Crippen LogP contribution in [-0.2, 0) is 11.2 Å². The number of nitrogens with zero attached hydrogens (tertiary/aromatic N) is 1. The molecule has 1 fully saturated rings. The molecule has 0 aromatic heterocycles. The lowest BCUT2D eigenvalue weighted by atomic mass is 10.1. The molecule has 0 radical (unpaired) electrons. The van der Waals surface area contributed by atoms with E-state index in [1.807, 2.05) is 36.4 Å². The van der Waals surface area contributed by atoms with Crippen molar-refractivity contribution in [1.82, 2.24) is 4.90 Å². The van der Waals surface area contributed by atoms with Crippen molar-refractivity contribution in [3.8, 4) is 11.8 Å². The van der Waals surface area contributed by atoms with Gasteiger partial charge in [-0.05, 0) is 18.4 Å². The maximum absolute atomic E-state index is 12.0. The Balaban J connectivity index is 1.88. The van der Waals surface area contributed by atoms with Gasteiger partial charge in [-0.15, -0.1) is 5.92 Å². The third-order valence-corrected chi connectivity index (χ3v) is 4.20. The number of carbonyl (C=O) groups is 1. The van der Waals surface area contributed by atoms with E-state index in [9.17, 15) is 9.90 Å². The van der Waals surface area contributed by atoms with E-state index in [2.05, 4.69) is 11.8 Å². The quantitative estimate of drug-likeness (QED) is 0.426. The Hall–Kier alpha value is -2.29. The van der Waals surface area contributed by atoms with Crippen LogP contribution in [0.3, 0.4) is 0 Å². The summed E-state index contributed by atoms with van der Waals surface area (Å²) in [4.78, 5) is 13.6. The van der Waals surface area contributed by atoms with Crippen LogP contribution in [0.1, 0.15) is 31.2 Å². The number of cyclic esters (lactones) is 1. The first-order chi connectivity index (χ1) is 12.7. The Morgan fingerprint density at radius 1 is 1.27 bits per heavy atom. The molecule has 1 aliphatic heterocycles. The molecule has 0 aliphatic carbocycles. The van der Waals surface area contributed by atoms with Gasteiger partial charge in [-0.1, -0.05) is 48.4 Å². The number of benzene rings is 1. The van der Waals surface area contributed by atoms with Crippen LogP contribution >= 0.6 is 0 Å². The van der Waals surface area contributed by atoms with Crippen LogP contribution < -0.4 is 0 Å². The zero-order valence-electron chi connectivity index (χ0n) is 15.0. The number of amides is 1. The maximum atomic E-state index is 12.0. The predicted octanol–water partition coefficient (Wildman–Crippen LogP) is 2.52. The topological polar surface area (TPSA) is 70.0 Å². The van der Waals surface area contributed by atoms with Gasteiger partial charge in [0.05, 0.1) is 25.3 Å². The molecule has 1 aromatic rings. The van der Waals surface area contributed by atoms with Gasteiger partial charge in [0.25, 0.3) is 0 Å². The Morgan fingerprint density at radius 3 is 2.85 bits per heavy atom. The minimum atomic E-state index is -0.596. The third kappa shape index (κ3) is 6.91. The molecule has 2 rings (SSSR count). The molecule has 1 heterocycles. The van der Waals surface area contributed by atoms with E-state index < -0.39 is 6.10 Å². The Kier molecular flexibility index (Phi) is 8.74. The second-order valence-corrected chi connectivity index (χ2v) is 6.27. The monoisotopic (exact) mass is 357 g/mol. The van der Waals surface area contributed by atoms with E-state index in [1.165, 1.54) is 0 Å². The first-order valence-corrected chi connectivity index (χ1v) is 9.11. The molecule has 2 N–H and O–H groups in total. The van der Waals surface area contributed by atoms with Crippen molar-refractivity contribution >= 4 is 6.09 Å². The van der Waals surface area contributed by atoms with Gasteiger partial charge in [-0.3, -0.25) is 4.90 Å². The van der Waals surface area contributed by atoms with E-state index in [-0.39, 0.29) is 18.7 Å². The van der Waals surface area contributed by atoms with Crippen LogP contribution in [0.25, 0.3) is 0 Å². The number of hydrogen-bond acceptors (Lipinski definition) is 4. The molecule has 5 heteroatoms. The average molecular weight is 357 g/mol. The summed E-state index contributed by atoms with van der Waals surface area (Å²) in [5.74, 6) is 6.02. The number of unbranched alkanes of at least 4 members (excludes halogenated alkanes) is 2. The summed E-state index contributed by atoms with van der Waals surface area (Å²) in [5, 5.41) is 19.0. The molecule has 0 saturated carbocycles. The summed E-state index contributed by atoms with van der Waals surface area (Å²) in [6.07, 6.45) is 6.19. The van der Waals surface area contributed by atoms with E-state index in [4.69, 9.17) is 9.84 Å². The van der Waals surface area contributed by atoms with Gasteiger partial charge in [0, 0.05) is 25.9 Å². The van der Waals surface area contributed by atoms with Gasteiger partial charge in [0.2, 0.25) is 0 Å². The Labute approximate surface area is 155 Å². The summed E-state index contributed by atoms with van der Waals surface area (Å²) in [6.45, 7) is 0.864. The summed E-state index contributed by atoms with van der Waals surface area (Å²) in [5.41, 5.74) is 1.07. The van der Waals surface area contributed by atoms with Crippen LogP contribution in [0.15, 0.2) is 42.5 Å². The lowest BCUT2D eigenvalue weighted by Crippen LogP contribution is -2.44. The van der Waals surface area contributed by atoms with Crippen molar-refractivity contribution in [2.45, 2.75) is 44.2 Å². The highest BCUT2D eigenvalue weighted by molar-refractivity contribution is 5.69. The van der Waals surface area contributed by atoms with Crippen LogP contribution in [0, 0.1) is 11.8 Å². The summed E-state index contributed by atoms with van der Waals surface area (Å²) >= 11 is 0. The molecule has 26 heavy (non-hydrogen) atoms. The highest BCUT2D eigenvalue weighted by Gasteiger charge is 2.27. The summed E-state index contributed by atoms with van der Waals surface area (Å²) in [6, 6.07) is 9.69. The van der Waals surface area contributed by atoms with E-state index in [0.29, 0.717) is 32.4 Å². The van der Waals surface area contributed by atoms with Crippen molar-refractivity contribution in [3.63, 3.8) is 0 Å². The van der Waals surface area contributed by atoms with E-state index >= 15 is 0 Å². The minimum Gasteiger partial charge on any atom is -0.449 e. The fourth-order valence-corrected chi connectivity index (χ4v) is 2.76. The highest BCUT2D eigenvalue weighted by Crippen LogP contribution is 2.15. The maximum Gasteiger partial charge on any atom is 0.411 e. The predicted molar refractivity (Wildman–Crippen MR) is 100 cm³/mol. The third-order valence-electron chi connectivity index (χ3n) is 4.20. The normalized spacial score (nSPS) is 18.3. The summed E-state index contributed by atoms with van der Waals surface area (Å²) in [7, 11) is 0. The fraction of sp³-hybridized carbons (Fsp3) is 0.476. The second kappa shape index (κ2) is 11.3. The molecule has 1 amide bonds. The average Bonchev–Trinajstić information content (AvgIpc) is 2.65. The SMILES string of the molecule is O=C1OCC[C@H](C=CC(O)Cc2ccccc2)N1CC#CCCCCO. The number of ether oxygens (including phenoxy) is 1. The van der Waals surface area contributed by atoms with Crippen molar-refractivity contribution in [1.29, 1.82) is 0 Å². The van der Waals surface area contributed by atoms with Crippen molar-refractivity contribution < 1.29 is 19.7 Å². The number of aliphatic hydroxyl groups excluding tert-OH is 2. The second-order valence-electron chi connectivity index (χ2n) is 6.27. The first-order valence-electron chi connectivity index (χ1n) is 9.11. The first kappa shape index (κ1) is 20.0. The molecule has 1 saturated heterocycles. The fourth-order valence-electron chi connectivity index (χ4n) is 2.76. The molecular weight excluding hydrogens is 330 g/mol. The molecule has 0 spiro atoms. The smallest absolute Gasteiger partial charge is 0.411 e. The zero-order valence-corrected chi connectivity index (χ0v) is 15.0. The zero-order chi connectivity index (χ0) is 18.6. The van der Waals surface area contributed by atoms with Crippen molar-refractivity contribution in [3.05, 3.63) is 48.0 Å². The molecule has 1 aromatic carbocycles. The van der Waals surface area contributed by atoms with Gasteiger partial charge in [-0.25, -0.2) is 4.79 Å². The Bertz CT molecular complexity index is 632. The van der Waals surface area contributed by atoms with Crippen molar-refractivity contribution in [2.24, 2.45) is 0 Å². The van der Waals surface area contributed by atoms with Gasteiger partial charge in [0.15, 0.2) is 0 Å². The molecule has 1 aliphatic rings.